The first-order valence-electron chi connectivity index (χ1n) is 9.23. The number of aryl methyl sites for hydroxylation is 1. The van der Waals surface area contributed by atoms with E-state index in [4.69, 9.17) is 4.74 Å². The number of fused-ring (bicyclic) bond motifs is 1. The summed E-state index contributed by atoms with van der Waals surface area (Å²) in [4.78, 5) is 17.5. The van der Waals surface area contributed by atoms with Crippen molar-refractivity contribution in [1.82, 2.24) is 9.29 Å². The van der Waals surface area contributed by atoms with Crippen molar-refractivity contribution in [1.29, 1.82) is 0 Å². The third-order valence-corrected chi connectivity index (χ3v) is 7.88. The molecule has 152 valence electrons. The molecule has 1 atom stereocenters. The van der Waals surface area contributed by atoms with Gasteiger partial charge in [-0.25, -0.2) is 13.4 Å². The lowest BCUT2D eigenvalue weighted by Gasteiger charge is -2.23. The summed E-state index contributed by atoms with van der Waals surface area (Å²) in [6.07, 6.45) is 1.11. The standard InChI is InChI=1S/C20H21N3O4S2/c1-13-5-3-7-17-18(13)21-20(28-17)22-19(24)16-6-4-12-23(16)29(25,26)15-10-8-14(27-2)9-11-15/h3,5,7-11,16H,4,6,12H2,1-2H3,(H,21,22,24). The van der Waals surface area contributed by atoms with Gasteiger partial charge in [0.2, 0.25) is 15.9 Å². The number of rotatable bonds is 5. The second-order valence-corrected chi connectivity index (χ2v) is 9.80. The highest BCUT2D eigenvalue weighted by molar-refractivity contribution is 7.89. The van der Waals surface area contributed by atoms with Crippen LogP contribution in [-0.2, 0) is 14.8 Å². The number of methoxy groups -OCH3 is 1. The predicted molar refractivity (Wildman–Crippen MR) is 113 cm³/mol. The summed E-state index contributed by atoms with van der Waals surface area (Å²) in [5, 5.41) is 3.29. The zero-order valence-electron chi connectivity index (χ0n) is 16.1. The van der Waals surface area contributed by atoms with Crippen LogP contribution in [0.25, 0.3) is 10.2 Å². The Morgan fingerprint density at radius 2 is 2.00 bits per heavy atom. The molecule has 4 rings (SSSR count). The molecule has 2 aromatic carbocycles. The lowest BCUT2D eigenvalue weighted by molar-refractivity contribution is -0.119. The van der Waals surface area contributed by atoms with Gasteiger partial charge in [0.15, 0.2) is 5.13 Å². The smallest absolute Gasteiger partial charge is 0.244 e. The summed E-state index contributed by atoms with van der Waals surface area (Å²) >= 11 is 1.38. The Morgan fingerprint density at radius 3 is 2.69 bits per heavy atom. The monoisotopic (exact) mass is 431 g/mol. The van der Waals surface area contributed by atoms with Crippen molar-refractivity contribution in [2.45, 2.75) is 30.7 Å². The number of nitrogens with zero attached hydrogens (tertiary/aromatic N) is 2. The summed E-state index contributed by atoms with van der Waals surface area (Å²) in [7, 11) is -2.26. The molecule has 7 nitrogen and oxygen atoms in total. The Morgan fingerprint density at radius 1 is 1.24 bits per heavy atom. The average molecular weight is 432 g/mol. The van der Waals surface area contributed by atoms with Gasteiger partial charge in [-0.3, -0.25) is 4.79 Å². The third-order valence-electron chi connectivity index (χ3n) is 5.02. The lowest BCUT2D eigenvalue weighted by Crippen LogP contribution is -2.43. The number of anilines is 1. The number of para-hydroxylation sites is 1. The molecule has 3 aromatic rings. The number of ether oxygens (including phenoxy) is 1. The quantitative estimate of drug-likeness (QED) is 0.669. The summed E-state index contributed by atoms with van der Waals surface area (Å²) < 4.78 is 33.5. The van der Waals surface area contributed by atoms with Gasteiger partial charge in [-0.15, -0.1) is 0 Å². The normalized spacial score (nSPS) is 17.5. The van der Waals surface area contributed by atoms with E-state index in [9.17, 15) is 13.2 Å². The molecular formula is C20H21N3O4S2. The van der Waals surface area contributed by atoms with Crippen LogP contribution >= 0.6 is 11.3 Å². The maximum Gasteiger partial charge on any atom is 0.244 e. The number of benzene rings is 2. The maximum atomic E-state index is 13.1. The third kappa shape index (κ3) is 3.73. The van der Waals surface area contributed by atoms with Crippen molar-refractivity contribution in [3.63, 3.8) is 0 Å². The Bertz CT molecular complexity index is 1160. The first kappa shape index (κ1) is 19.8. The number of thiazole rings is 1. The van der Waals surface area contributed by atoms with Gasteiger partial charge in [-0.2, -0.15) is 4.31 Å². The topological polar surface area (TPSA) is 88.6 Å². The van der Waals surface area contributed by atoms with Gasteiger partial charge in [-0.05, 0) is 55.7 Å². The van der Waals surface area contributed by atoms with Gasteiger partial charge < -0.3 is 10.1 Å². The van der Waals surface area contributed by atoms with Crippen molar-refractivity contribution in [3.05, 3.63) is 48.0 Å². The molecule has 0 bridgehead atoms. The Hall–Kier alpha value is -2.49. The first-order valence-corrected chi connectivity index (χ1v) is 11.5. The van der Waals surface area contributed by atoms with Gasteiger partial charge in [0.05, 0.1) is 22.2 Å². The van der Waals surface area contributed by atoms with Crippen LogP contribution in [0.1, 0.15) is 18.4 Å². The summed E-state index contributed by atoms with van der Waals surface area (Å²) in [5.74, 6) is 0.224. The highest BCUT2D eigenvalue weighted by atomic mass is 32.2. The molecule has 1 unspecified atom stereocenters. The van der Waals surface area contributed by atoms with Crippen molar-refractivity contribution < 1.29 is 17.9 Å². The number of nitrogens with one attached hydrogen (secondary N) is 1. The minimum Gasteiger partial charge on any atom is -0.497 e. The zero-order chi connectivity index (χ0) is 20.6. The van der Waals surface area contributed by atoms with Crippen molar-refractivity contribution in [2.24, 2.45) is 0 Å². The van der Waals surface area contributed by atoms with Crippen LogP contribution in [0.15, 0.2) is 47.4 Å². The Balaban J connectivity index is 1.56. The molecule has 0 spiro atoms. The predicted octanol–water partition coefficient (Wildman–Crippen LogP) is 3.41. The lowest BCUT2D eigenvalue weighted by atomic mass is 10.2. The molecular weight excluding hydrogens is 410 g/mol. The molecule has 1 aromatic heterocycles. The van der Waals surface area contributed by atoms with E-state index in [2.05, 4.69) is 10.3 Å². The van der Waals surface area contributed by atoms with E-state index in [-0.39, 0.29) is 10.8 Å². The minimum atomic E-state index is -3.78. The fourth-order valence-corrected chi connectivity index (χ4v) is 6.10. The SMILES string of the molecule is COc1ccc(S(=O)(=O)N2CCCC2C(=O)Nc2nc3c(C)cccc3s2)cc1. The molecule has 1 amide bonds. The average Bonchev–Trinajstić information content (AvgIpc) is 3.36. The van der Waals surface area contributed by atoms with E-state index < -0.39 is 16.1 Å². The van der Waals surface area contributed by atoms with Crippen LogP contribution in [-0.4, -0.2) is 43.3 Å². The number of aromatic nitrogens is 1. The summed E-state index contributed by atoms with van der Waals surface area (Å²) in [6.45, 7) is 2.28. The minimum absolute atomic E-state index is 0.147. The van der Waals surface area contributed by atoms with Gasteiger partial charge in [0.1, 0.15) is 11.8 Å². The Labute approximate surface area is 173 Å². The van der Waals surface area contributed by atoms with Crippen LogP contribution in [0, 0.1) is 6.92 Å². The van der Waals surface area contributed by atoms with E-state index in [0.717, 1.165) is 15.8 Å². The van der Waals surface area contributed by atoms with Crippen molar-refractivity contribution >= 4 is 42.6 Å². The van der Waals surface area contributed by atoms with Gasteiger partial charge >= 0.3 is 0 Å². The molecule has 1 aliphatic rings. The van der Waals surface area contributed by atoms with E-state index in [0.29, 0.717) is 30.3 Å². The van der Waals surface area contributed by atoms with Crippen molar-refractivity contribution in [2.75, 3.05) is 19.0 Å². The van der Waals surface area contributed by atoms with Crippen LogP contribution in [0.2, 0.25) is 0 Å². The molecule has 29 heavy (non-hydrogen) atoms. The fraction of sp³-hybridized carbons (Fsp3) is 0.300. The van der Waals surface area contributed by atoms with Gasteiger partial charge in [0.25, 0.3) is 0 Å². The molecule has 2 heterocycles. The molecule has 1 N–H and O–H groups in total. The summed E-state index contributed by atoms with van der Waals surface area (Å²) in [5.41, 5.74) is 1.88. The van der Waals surface area contributed by atoms with E-state index >= 15 is 0 Å². The van der Waals surface area contributed by atoms with Crippen LogP contribution in [0.3, 0.4) is 0 Å². The van der Waals surface area contributed by atoms with Gasteiger partial charge in [0, 0.05) is 6.54 Å². The maximum absolute atomic E-state index is 13.1. The number of amides is 1. The van der Waals surface area contributed by atoms with E-state index in [1.165, 1.54) is 34.9 Å². The first-order chi connectivity index (χ1) is 13.9. The molecule has 0 aliphatic carbocycles. The van der Waals surface area contributed by atoms with E-state index in [1.54, 1.807) is 12.1 Å². The molecule has 9 heteroatoms. The summed E-state index contributed by atoms with van der Waals surface area (Å²) in [6, 6.07) is 11.3. The van der Waals surface area contributed by atoms with Crippen LogP contribution in [0.4, 0.5) is 5.13 Å². The molecule has 0 saturated carbocycles. The number of hydrogen-bond acceptors (Lipinski definition) is 6. The molecule has 0 radical (unpaired) electrons. The van der Waals surface area contributed by atoms with E-state index in [1.807, 2.05) is 25.1 Å². The molecule has 1 fully saturated rings. The van der Waals surface area contributed by atoms with Crippen molar-refractivity contribution in [3.8, 4) is 5.75 Å². The largest absolute Gasteiger partial charge is 0.497 e. The number of carbonyl (C=O) groups is 1. The highest BCUT2D eigenvalue weighted by Crippen LogP contribution is 2.31. The fourth-order valence-electron chi connectivity index (χ4n) is 3.50. The Kier molecular flexibility index (Phi) is 5.28. The number of hydrogen-bond donors (Lipinski definition) is 1. The second kappa shape index (κ2) is 7.74. The van der Waals surface area contributed by atoms with Gasteiger partial charge in [-0.1, -0.05) is 23.5 Å². The second-order valence-electron chi connectivity index (χ2n) is 6.88. The number of carbonyl (C=O) groups excluding carboxylic acids is 1. The highest BCUT2D eigenvalue weighted by Gasteiger charge is 2.39. The van der Waals surface area contributed by atoms with Crippen LogP contribution in [0.5, 0.6) is 5.75 Å². The molecule has 1 aliphatic heterocycles. The van der Waals surface area contributed by atoms with Crippen LogP contribution < -0.4 is 10.1 Å². The molecule has 1 saturated heterocycles. The number of sulfonamides is 1. The zero-order valence-corrected chi connectivity index (χ0v) is 17.7.